The summed E-state index contributed by atoms with van der Waals surface area (Å²) >= 11 is 0. The lowest BCUT2D eigenvalue weighted by atomic mass is 10.7. The average Bonchev–Trinajstić information content (AvgIpc) is 2.73. The van der Waals surface area contributed by atoms with Gasteiger partial charge in [-0.2, -0.15) is 10.3 Å². The number of nitrogens with zero attached hydrogens (tertiary/aromatic N) is 4. The van der Waals surface area contributed by atoms with Crippen molar-refractivity contribution in [1.29, 1.82) is 0 Å². The van der Waals surface area contributed by atoms with Gasteiger partial charge in [0, 0.05) is 12.4 Å². The van der Waals surface area contributed by atoms with Crippen LogP contribution in [0.4, 0.5) is 0 Å². The van der Waals surface area contributed by atoms with Crippen LogP contribution in [0, 0.1) is 0 Å². The Morgan fingerprint density at radius 2 is 1.93 bits per heavy atom. The van der Waals surface area contributed by atoms with Crippen molar-refractivity contribution in [2.24, 2.45) is 5.14 Å². The van der Waals surface area contributed by atoms with E-state index < -0.39 is 10.0 Å². The molecule has 0 unspecified atom stereocenters. The van der Waals surface area contributed by atoms with Crippen LogP contribution >= 0.6 is 0 Å². The van der Waals surface area contributed by atoms with Crippen LogP contribution in [0.3, 0.4) is 0 Å². The van der Waals surface area contributed by atoms with E-state index in [4.69, 9.17) is 0 Å². The lowest BCUT2D eigenvalue weighted by Crippen LogP contribution is -2.12. The zero-order valence-electron chi connectivity index (χ0n) is 7.48. The van der Waals surface area contributed by atoms with Gasteiger partial charge in [-0.15, -0.1) is 5.10 Å². The third kappa shape index (κ3) is 4.24. The van der Waals surface area contributed by atoms with Crippen LogP contribution in [-0.2, 0) is 10.0 Å². The summed E-state index contributed by atoms with van der Waals surface area (Å²) in [6.45, 7) is 0. The van der Waals surface area contributed by atoms with Crippen LogP contribution in [0.1, 0.15) is 0 Å². The molecular weight excluding hydrogens is 220 g/mol. The van der Waals surface area contributed by atoms with Gasteiger partial charge < -0.3 is 0 Å². The topological polar surface area (TPSA) is 128 Å². The van der Waals surface area contributed by atoms with Crippen LogP contribution in [0.2, 0.25) is 0 Å². The number of primary sulfonamides is 1. The Labute approximate surface area is 85.6 Å². The molecule has 0 saturated heterocycles. The SMILES string of the molecule is NS(=O)(=O)c1cn[nH]n1.c1cncnc1. The Hall–Kier alpha value is -1.87. The van der Waals surface area contributed by atoms with Crippen molar-refractivity contribution in [1.82, 2.24) is 25.4 Å². The van der Waals surface area contributed by atoms with Crippen LogP contribution in [0.15, 0.2) is 36.0 Å². The summed E-state index contributed by atoms with van der Waals surface area (Å²) in [5, 5.41) is 13.0. The molecule has 0 aromatic carbocycles. The van der Waals surface area contributed by atoms with Crippen molar-refractivity contribution in [2.45, 2.75) is 5.03 Å². The Morgan fingerprint density at radius 3 is 2.13 bits per heavy atom. The minimum absolute atomic E-state index is 0.248. The van der Waals surface area contributed by atoms with Crippen LogP contribution < -0.4 is 5.14 Å². The summed E-state index contributed by atoms with van der Waals surface area (Å²) in [5.41, 5.74) is 0. The van der Waals surface area contributed by atoms with Crippen molar-refractivity contribution in [3.8, 4) is 0 Å². The van der Waals surface area contributed by atoms with Gasteiger partial charge >= 0.3 is 0 Å². The van der Waals surface area contributed by atoms with Crippen LogP contribution in [0.25, 0.3) is 0 Å². The fourth-order valence-corrected chi connectivity index (χ4v) is 0.949. The highest BCUT2D eigenvalue weighted by Gasteiger charge is 2.08. The maximum Gasteiger partial charge on any atom is 0.259 e. The molecule has 2 aromatic rings. The van der Waals surface area contributed by atoms with E-state index in [1.54, 1.807) is 18.5 Å². The summed E-state index contributed by atoms with van der Waals surface area (Å²) < 4.78 is 20.7. The van der Waals surface area contributed by atoms with Crippen molar-refractivity contribution >= 4 is 10.0 Å². The first-order chi connectivity index (χ1) is 7.11. The molecule has 3 N–H and O–H groups in total. The van der Waals surface area contributed by atoms with E-state index in [0.29, 0.717) is 0 Å². The highest BCUT2D eigenvalue weighted by Crippen LogP contribution is 1.94. The van der Waals surface area contributed by atoms with E-state index in [1.807, 2.05) is 0 Å². The summed E-state index contributed by atoms with van der Waals surface area (Å²) in [6, 6.07) is 1.78. The van der Waals surface area contributed by atoms with Gasteiger partial charge in [0.2, 0.25) is 5.03 Å². The maximum absolute atomic E-state index is 10.3. The highest BCUT2D eigenvalue weighted by molar-refractivity contribution is 7.89. The number of aromatic nitrogens is 5. The molecule has 0 amide bonds. The molecule has 0 fully saturated rings. The number of H-pyrrole nitrogens is 1. The largest absolute Gasteiger partial charge is 0.259 e. The van der Waals surface area contributed by atoms with Gasteiger partial charge in [0.1, 0.15) is 6.33 Å². The zero-order chi connectivity index (χ0) is 11.1. The molecule has 80 valence electrons. The molecule has 0 bridgehead atoms. The third-order valence-electron chi connectivity index (χ3n) is 1.16. The van der Waals surface area contributed by atoms with Crippen molar-refractivity contribution in [2.75, 3.05) is 0 Å². The minimum atomic E-state index is -3.66. The van der Waals surface area contributed by atoms with Gasteiger partial charge in [-0.05, 0) is 6.07 Å². The molecular formula is C6H8N6O2S. The standard InChI is InChI=1S/C4H4N2.C2H4N4O2S/c1-2-5-4-6-3-1;3-9(7,8)2-1-4-6-5-2/h1-4H;1H,(H2,3,7,8)(H,4,5,6). The molecule has 2 rings (SSSR count). The zero-order valence-corrected chi connectivity index (χ0v) is 8.29. The summed E-state index contributed by atoms with van der Waals surface area (Å²) in [4.78, 5) is 7.35. The Kier molecular flexibility index (Phi) is 3.83. The summed E-state index contributed by atoms with van der Waals surface area (Å²) in [7, 11) is -3.66. The van der Waals surface area contributed by atoms with Crippen molar-refractivity contribution in [3.63, 3.8) is 0 Å². The number of rotatable bonds is 1. The van der Waals surface area contributed by atoms with Crippen LogP contribution in [-0.4, -0.2) is 33.8 Å². The molecule has 0 spiro atoms. The predicted octanol–water partition coefficient (Wildman–Crippen LogP) is -1.07. The molecule has 0 saturated carbocycles. The Bertz CT molecular complexity index is 441. The number of hydrogen-bond acceptors (Lipinski definition) is 6. The smallest absolute Gasteiger partial charge is 0.245 e. The minimum Gasteiger partial charge on any atom is -0.245 e. The highest BCUT2D eigenvalue weighted by atomic mass is 32.2. The number of aromatic amines is 1. The first-order valence-electron chi connectivity index (χ1n) is 3.69. The first-order valence-corrected chi connectivity index (χ1v) is 5.24. The fraction of sp³-hybridized carbons (Fsp3) is 0. The van der Waals surface area contributed by atoms with E-state index >= 15 is 0 Å². The van der Waals surface area contributed by atoms with Gasteiger partial charge in [0.25, 0.3) is 10.0 Å². The Morgan fingerprint density at radius 1 is 1.27 bits per heavy atom. The maximum atomic E-state index is 10.3. The van der Waals surface area contributed by atoms with E-state index in [-0.39, 0.29) is 5.03 Å². The number of nitrogens with one attached hydrogen (secondary N) is 1. The van der Waals surface area contributed by atoms with E-state index in [0.717, 1.165) is 6.20 Å². The third-order valence-corrected chi connectivity index (χ3v) is 1.94. The molecule has 2 aromatic heterocycles. The lowest BCUT2D eigenvalue weighted by molar-refractivity contribution is 0.593. The summed E-state index contributed by atoms with van der Waals surface area (Å²) in [6.07, 6.45) is 5.91. The first kappa shape index (κ1) is 11.2. The summed E-state index contributed by atoms with van der Waals surface area (Å²) in [5.74, 6) is 0. The van der Waals surface area contributed by atoms with Gasteiger partial charge in [0.15, 0.2) is 0 Å². The van der Waals surface area contributed by atoms with Crippen LogP contribution in [0.5, 0.6) is 0 Å². The average molecular weight is 228 g/mol. The van der Waals surface area contributed by atoms with Gasteiger partial charge in [0.05, 0.1) is 6.20 Å². The second kappa shape index (κ2) is 5.12. The van der Waals surface area contributed by atoms with E-state index in [9.17, 15) is 8.42 Å². The number of nitrogens with two attached hydrogens (primary N) is 1. The lowest BCUT2D eigenvalue weighted by Gasteiger charge is -1.83. The van der Waals surface area contributed by atoms with Crippen molar-refractivity contribution in [3.05, 3.63) is 31.0 Å². The number of sulfonamides is 1. The molecule has 2 heterocycles. The molecule has 0 aliphatic heterocycles. The molecule has 9 heteroatoms. The molecule has 0 atom stereocenters. The normalized spacial score (nSPS) is 10.2. The van der Waals surface area contributed by atoms with Gasteiger partial charge in [-0.25, -0.2) is 23.5 Å². The monoisotopic (exact) mass is 228 g/mol. The van der Waals surface area contributed by atoms with Gasteiger partial charge in [-0.3, -0.25) is 0 Å². The van der Waals surface area contributed by atoms with Gasteiger partial charge in [-0.1, -0.05) is 0 Å². The fourth-order valence-electron chi connectivity index (χ4n) is 0.582. The number of hydrogen-bond donors (Lipinski definition) is 2. The quantitative estimate of drug-likeness (QED) is 0.639. The molecule has 15 heavy (non-hydrogen) atoms. The molecule has 0 aliphatic carbocycles. The molecule has 0 aliphatic rings. The predicted molar refractivity (Wildman–Crippen MR) is 49.8 cm³/mol. The second-order valence-corrected chi connectivity index (χ2v) is 3.77. The van der Waals surface area contributed by atoms with E-state index in [1.165, 1.54) is 6.33 Å². The molecule has 8 nitrogen and oxygen atoms in total. The van der Waals surface area contributed by atoms with Crippen molar-refractivity contribution < 1.29 is 8.42 Å². The molecule has 0 radical (unpaired) electrons. The van der Waals surface area contributed by atoms with E-state index in [2.05, 4.69) is 30.5 Å². The second-order valence-electron chi connectivity index (χ2n) is 2.26. The Balaban J connectivity index is 0.000000162.